The van der Waals surface area contributed by atoms with Gasteiger partial charge < -0.3 is 19.7 Å². The molecule has 9 nitrogen and oxygen atoms in total. The van der Waals surface area contributed by atoms with E-state index in [-0.39, 0.29) is 0 Å². The lowest BCUT2D eigenvalue weighted by molar-refractivity contribution is 0.0383. The number of aryl methyl sites for hydroxylation is 1. The summed E-state index contributed by atoms with van der Waals surface area (Å²) in [5.41, 5.74) is 5.02. The monoisotopic (exact) mass is 533 g/mol. The molecule has 0 amide bonds. The second kappa shape index (κ2) is 11.2. The van der Waals surface area contributed by atoms with Crippen LogP contribution in [0.3, 0.4) is 0 Å². The van der Waals surface area contributed by atoms with E-state index in [4.69, 9.17) is 36.1 Å². The van der Waals surface area contributed by atoms with Gasteiger partial charge in [-0.05, 0) is 30.3 Å². The Bertz CT molecular complexity index is 1400. The number of nitrogens with one attached hydrogen (secondary N) is 1. The maximum Gasteiger partial charge on any atom is 0.228 e. The fraction of sp³-hybridized carbons (Fsp3) is 0.393. The van der Waals surface area contributed by atoms with Crippen LogP contribution in [0.5, 0.6) is 0 Å². The van der Waals surface area contributed by atoms with Crippen molar-refractivity contribution in [2.24, 2.45) is 7.05 Å². The molecule has 4 heterocycles. The summed E-state index contributed by atoms with van der Waals surface area (Å²) in [6.45, 7) is 7.45. The Hall–Kier alpha value is -3.24. The predicted octanol–water partition coefficient (Wildman–Crippen LogP) is 4.14. The molecule has 0 bridgehead atoms. The summed E-state index contributed by atoms with van der Waals surface area (Å²) in [4.78, 5) is 14.4. The van der Waals surface area contributed by atoms with Crippen molar-refractivity contribution in [3.63, 3.8) is 0 Å². The number of nitrogens with zero attached hydrogens (tertiary/aromatic N) is 6. The van der Waals surface area contributed by atoms with E-state index >= 15 is 0 Å². The molecular formula is C28H32ClN7O2. The largest absolute Gasteiger partial charge is 0.379 e. The number of halogens is 1. The van der Waals surface area contributed by atoms with E-state index < -0.39 is 0 Å². The van der Waals surface area contributed by atoms with E-state index in [0.29, 0.717) is 24.2 Å². The van der Waals surface area contributed by atoms with Crippen molar-refractivity contribution >= 4 is 40.0 Å². The summed E-state index contributed by atoms with van der Waals surface area (Å²) < 4.78 is 13.0. The lowest BCUT2D eigenvalue weighted by atomic mass is 10.1. The first-order valence-electron chi connectivity index (χ1n) is 13.1. The average molecular weight is 534 g/mol. The first-order valence-corrected chi connectivity index (χ1v) is 13.5. The molecule has 4 aromatic rings. The molecular weight excluding hydrogens is 502 g/mol. The lowest BCUT2D eigenvalue weighted by Crippen LogP contribution is -2.37. The van der Waals surface area contributed by atoms with Crippen molar-refractivity contribution in [1.29, 1.82) is 0 Å². The van der Waals surface area contributed by atoms with Gasteiger partial charge in [0.1, 0.15) is 5.82 Å². The molecule has 0 unspecified atom stereocenters. The van der Waals surface area contributed by atoms with E-state index in [2.05, 4.69) is 33.3 Å². The highest BCUT2D eigenvalue weighted by Crippen LogP contribution is 2.29. The van der Waals surface area contributed by atoms with Crippen LogP contribution in [0, 0.1) is 0 Å². The van der Waals surface area contributed by atoms with E-state index in [1.807, 2.05) is 42.1 Å². The van der Waals surface area contributed by atoms with Gasteiger partial charge in [0, 0.05) is 73.9 Å². The smallest absolute Gasteiger partial charge is 0.228 e. The van der Waals surface area contributed by atoms with Gasteiger partial charge in [0.05, 0.1) is 43.3 Å². The van der Waals surface area contributed by atoms with Crippen LogP contribution in [-0.2, 0) is 22.9 Å². The number of benzene rings is 2. The summed E-state index contributed by atoms with van der Waals surface area (Å²) in [6, 6.07) is 16.1. The summed E-state index contributed by atoms with van der Waals surface area (Å²) in [5.74, 6) is 1.42. The standard InChI is InChI=1S/C28H32ClN7O2/c1-34-26-18-20(2-7-23(26)24(33-34)8-9-35-10-14-37-15-11-35)25-19-27(30-22-5-3-21(29)4-6-22)32-28(31-25)36-12-16-38-17-13-36/h2-7,18-19H,8-17H2,1H3,(H,30,31,32). The van der Waals surface area contributed by atoms with Crippen molar-refractivity contribution in [3.05, 3.63) is 59.2 Å². The van der Waals surface area contributed by atoms with Gasteiger partial charge in [-0.1, -0.05) is 23.7 Å². The highest BCUT2D eigenvalue weighted by molar-refractivity contribution is 6.30. The zero-order valence-electron chi connectivity index (χ0n) is 21.6. The minimum Gasteiger partial charge on any atom is -0.379 e. The highest BCUT2D eigenvalue weighted by Gasteiger charge is 2.18. The van der Waals surface area contributed by atoms with Gasteiger partial charge in [-0.15, -0.1) is 0 Å². The Kier molecular flexibility index (Phi) is 7.42. The maximum atomic E-state index is 6.08. The zero-order valence-corrected chi connectivity index (χ0v) is 22.3. The highest BCUT2D eigenvalue weighted by atomic mass is 35.5. The number of hydrogen-bond acceptors (Lipinski definition) is 8. The van der Waals surface area contributed by atoms with Gasteiger partial charge in [-0.25, -0.2) is 4.98 Å². The van der Waals surface area contributed by atoms with Gasteiger partial charge >= 0.3 is 0 Å². The number of ether oxygens (including phenoxy) is 2. The van der Waals surface area contributed by atoms with Crippen molar-refractivity contribution in [2.45, 2.75) is 6.42 Å². The summed E-state index contributed by atoms with van der Waals surface area (Å²) in [6.07, 6.45) is 0.917. The molecule has 6 rings (SSSR count). The molecule has 2 aliphatic heterocycles. The average Bonchev–Trinajstić information content (AvgIpc) is 3.28. The zero-order chi connectivity index (χ0) is 25.9. The fourth-order valence-electron chi connectivity index (χ4n) is 5.00. The number of anilines is 3. The summed E-state index contributed by atoms with van der Waals surface area (Å²) >= 11 is 6.08. The Labute approximate surface area is 227 Å². The van der Waals surface area contributed by atoms with Crippen LogP contribution >= 0.6 is 11.6 Å². The molecule has 10 heteroatoms. The molecule has 0 atom stereocenters. The number of fused-ring (bicyclic) bond motifs is 1. The van der Waals surface area contributed by atoms with Crippen LogP contribution in [-0.4, -0.2) is 83.8 Å². The normalized spacial score (nSPS) is 16.7. The van der Waals surface area contributed by atoms with Crippen LogP contribution in [0.25, 0.3) is 22.2 Å². The molecule has 0 aliphatic carbocycles. The molecule has 198 valence electrons. The topological polar surface area (TPSA) is 80.6 Å². The second-order valence-electron chi connectivity index (χ2n) is 9.68. The molecule has 1 N–H and O–H groups in total. The summed E-state index contributed by atoms with van der Waals surface area (Å²) in [5, 5.41) is 10.2. The molecule has 2 fully saturated rings. The number of aromatic nitrogens is 4. The van der Waals surface area contributed by atoms with Gasteiger partial charge in [-0.3, -0.25) is 9.58 Å². The van der Waals surface area contributed by atoms with E-state index in [0.717, 1.165) is 86.3 Å². The summed E-state index contributed by atoms with van der Waals surface area (Å²) in [7, 11) is 2.01. The quantitative estimate of drug-likeness (QED) is 0.380. The molecule has 2 saturated heterocycles. The lowest BCUT2D eigenvalue weighted by Gasteiger charge is -2.27. The Morgan fingerprint density at radius 2 is 1.63 bits per heavy atom. The van der Waals surface area contributed by atoms with Crippen LogP contribution < -0.4 is 10.2 Å². The van der Waals surface area contributed by atoms with Crippen LogP contribution in [0.2, 0.25) is 5.02 Å². The molecule has 2 aliphatic rings. The predicted molar refractivity (Wildman–Crippen MR) is 150 cm³/mol. The van der Waals surface area contributed by atoms with Gasteiger partial charge in [0.25, 0.3) is 0 Å². The van der Waals surface area contributed by atoms with E-state index in [1.54, 1.807) is 0 Å². The first-order chi connectivity index (χ1) is 18.6. The number of morpholine rings is 2. The SMILES string of the molecule is Cn1nc(CCN2CCOCC2)c2ccc(-c3cc(Nc4ccc(Cl)cc4)nc(N4CCOCC4)n3)cc21. The Morgan fingerprint density at radius 1 is 0.895 bits per heavy atom. The molecule has 2 aromatic carbocycles. The second-order valence-corrected chi connectivity index (χ2v) is 10.1. The third-order valence-corrected chi connectivity index (χ3v) is 7.37. The minimum absolute atomic E-state index is 0.668. The van der Waals surface area contributed by atoms with Crippen molar-refractivity contribution in [3.8, 4) is 11.3 Å². The van der Waals surface area contributed by atoms with E-state index in [9.17, 15) is 0 Å². The van der Waals surface area contributed by atoms with Crippen molar-refractivity contribution in [1.82, 2.24) is 24.6 Å². The number of rotatable bonds is 7. The molecule has 0 spiro atoms. The molecule has 38 heavy (non-hydrogen) atoms. The van der Waals surface area contributed by atoms with E-state index in [1.165, 1.54) is 5.39 Å². The first kappa shape index (κ1) is 25.1. The van der Waals surface area contributed by atoms with Crippen LogP contribution in [0.1, 0.15) is 5.69 Å². The third kappa shape index (κ3) is 5.61. The fourth-order valence-corrected chi connectivity index (χ4v) is 5.12. The Morgan fingerprint density at radius 3 is 2.39 bits per heavy atom. The molecule has 0 saturated carbocycles. The van der Waals surface area contributed by atoms with Gasteiger partial charge in [0.2, 0.25) is 5.95 Å². The van der Waals surface area contributed by atoms with Crippen LogP contribution in [0.4, 0.5) is 17.5 Å². The Balaban J connectivity index is 1.31. The maximum absolute atomic E-state index is 6.08. The molecule has 0 radical (unpaired) electrons. The van der Waals surface area contributed by atoms with Gasteiger partial charge in [0.15, 0.2) is 0 Å². The van der Waals surface area contributed by atoms with Crippen molar-refractivity contribution in [2.75, 3.05) is 69.4 Å². The molecule has 2 aromatic heterocycles. The minimum atomic E-state index is 0.668. The van der Waals surface area contributed by atoms with Crippen LogP contribution in [0.15, 0.2) is 48.5 Å². The third-order valence-electron chi connectivity index (χ3n) is 7.12. The van der Waals surface area contributed by atoms with Gasteiger partial charge in [-0.2, -0.15) is 10.1 Å². The number of hydrogen-bond donors (Lipinski definition) is 1. The van der Waals surface area contributed by atoms with Crippen molar-refractivity contribution < 1.29 is 9.47 Å².